The molecule has 0 aliphatic carbocycles. The van der Waals surface area contributed by atoms with Gasteiger partial charge in [-0.2, -0.15) is 0 Å². The fourth-order valence-electron chi connectivity index (χ4n) is 2.28. The van der Waals surface area contributed by atoms with Crippen LogP contribution < -0.4 is 22.5 Å². The van der Waals surface area contributed by atoms with E-state index in [9.17, 15) is 4.79 Å². The molecule has 1 aromatic heterocycles. The van der Waals surface area contributed by atoms with E-state index in [4.69, 9.17) is 17.2 Å². The van der Waals surface area contributed by atoms with Crippen LogP contribution in [0.5, 0.6) is 0 Å². The Morgan fingerprint density at radius 2 is 1.88 bits per heavy atom. The van der Waals surface area contributed by atoms with Gasteiger partial charge in [0.15, 0.2) is 0 Å². The number of rotatable bonds is 9. The van der Waals surface area contributed by atoms with Gasteiger partial charge in [-0.15, -0.1) is 10.2 Å². The second-order valence-electron chi connectivity index (χ2n) is 5.82. The Morgan fingerprint density at radius 3 is 2.58 bits per heavy atom. The summed E-state index contributed by atoms with van der Waals surface area (Å²) in [5.74, 6) is 0.117. The van der Waals surface area contributed by atoms with Crippen LogP contribution in [-0.4, -0.2) is 16.1 Å². The number of hydrogen-bond acceptors (Lipinski definition) is 7. The Balaban J connectivity index is 1.69. The summed E-state index contributed by atoms with van der Waals surface area (Å²) in [6.45, 7) is 0. The Bertz CT molecular complexity index is 769. The maximum Gasteiger partial charge on any atom is 0.229 e. The van der Waals surface area contributed by atoms with E-state index in [0.29, 0.717) is 10.8 Å². The molecule has 1 heterocycles. The van der Waals surface area contributed by atoms with Crippen molar-refractivity contribution in [2.75, 3.05) is 5.73 Å². The van der Waals surface area contributed by atoms with Crippen LogP contribution in [0.2, 0.25) is 0 Å². The van der Waals surface area contributed by atoms with E-state index in [1.54, 1.807) is 12.2 Å². The molecule has 7 N–H and O–H groups in total. The summed E-state index contributed by atoms with van der Waals surface area (Å²) < 4.78 is 0. The number of hydrogen-bond donors (Lipinski definition) is 4. The topological polar surface area (TPSA) is 133 Å². The predicted octanol–water partition coefficient (Wildman–Crippen LogP) is 1.83. The van der Waals surface area contributed by atoms with E-state index < -0.39 is 0 Å². The minimum absolute atomic E-state index is 0.159. The quantitative estimate of drug-likeness (QED) is 0.392. The van der Waals surface area contributed by atoms with Gasteiger partial charge in [0, 0.05) is 12.1 Å². The van der Waals surface area contributed by atoms with Gasteiger partial charge in [-0.1, -0.05) is 41.7 Å². The maximum atomic E-state index is 11.9. The summed E-state index contributed by atoms with van der Waals surface area (Å²) in [7, 11) is 0. The van der Waals surface area contributed by atoms with Crippen molar-refractivity contribution in [3.63, 3.8) is 0 Å². The van der Waals surface area contributed by atoms with Gasteiger partial charge in [0.25, 0.3) is 0 Å². The van der Waals surface area contributed by atoms with Gasteiger partial charge in [-0.3, -0.25) is 4.79 Å². The molecule has 7 nitrogen and oxygen atoms in total. The fraction of sp³-hybridized carbons (Fsp3) is 0.278. The van der Waals surface area contributed by atoms with Gasteiger partial charge >= 0.3 is 0 Å². The largest absolute Gasteiger partial charge is 0.402 e. The Morgan fingerprint density at radius 1 is 1.12 bits per heavy atom. The lowest BCUT2D eigenvalue weighted by Crippen LogP contribution is -2.28. The van der Waals surface area contributed by atoms with Crippen LogP contribution in [0.1, 0.15) is 29.8 Å². The van der Waals surface area contributed by atoms with Crippen molar-refractivity contribution in [3.8, 4) is 0 Å². The first-order valence-corrected chi connectivity index (χ1v) is 9.18. The monoisotopic (exact) mass is 372 g/mol. The summed E-state index contributed by atoms with van der Waals surface area (Å²) in [5.41, 5.74) is 19.0. The van der Waals surface area contributed by atoms with Crippen LogP contribution in [0.3, 0.4) is 0 Å². The molecule has 0 spiro atoms. The fourth-order valence-corrected chi connectivity index (χ4v) is 2.93. The minimum atomic E-state index is -0.159. The summed E-state index contributed by atoms with van der Waals surface area (Å²) in [6.07, 6.45) is 7.09. The Kier molecular flexibility index (Phi) is 7.63. The molecule has 138 valence electrons. The smallest absolute Gasteiger partial charge is 0.229 e. The normalized spacial score (nSPS) is 12.2. The number of nitrogens with one attached hydrogen (secondary N) is 1. The molecule has 2 aromatic rings. The van der Waals surface area contributed by atoms with E-state index in [1.807, 2.05) is 30.3 Å². The van der Waals surface area contributed by atoms with Crippen LogP contribution in [-0.2, 0) is 17.6 Å². The second kappa shape index (κ2) is 10.2. The first-order valence-electron chi connectivity index (χ1n) is 8.36. The summed E-state index contributed by atoms with van der Waals surface area (Å²) in [6, 6.07) is 9.49. The Labute approximate surface area is 157 Å². The predicted molar refractivity (Wildman–Crippen MR) is 105 cm³/mol. The van der Waals surface area contributed by atoms with Crippen LogP contribution in [0.15, 0.2) is 54.0 Å². The third kappa shape index (κ3) is 7.35. The van der Waals surface area contributed by atoms with Crippen LogP contribution in [0.4, 0.5) is 5.13 Å². The number of anilines is 1. The standard InChI is InChI=1S/C18H24N6OS/c19-14(8-4-5-9-17-23-24-18(21)26-17)10-11-15(20)22-16(25)12-13-6-2-1-3-7-13/h1-3,6-7,10-11H,4-5,8-9,12,19-20H2,(H2,21,24)(H,22,25)/b14-10-,15-11+. The SMILES string of the molecule is N/C(=C\C=C(/N)NC(=O)Cc1ccccc1)CCCCc1nnc(N)s1. The van der Waals surface area contributed by atoms with Crippen molar-refractivity contribution in [3.05, 3.63) is 64.6 Å². The molecule has 0 aliphatic heterocycles. The first-order chi connectivity index (χ1) is 12.5. The van der Waals surface area contributed by atoms with Crippen LogP contribution in [0, 0.1) is 0 Å². The third-order valence-corrected chi connectivity index (χ3v) is 4.37. The number of nitrogen functional groups attached to an aromatic ring is 1. The molecular formula is C18H24N6OS. The molecule has 1 aromatic carbocycles. The molecule has 0 radical (unpaired) electrons. The average Bonchev–Trinajstić information content (AvgIpc) is 3.03. The molecule has 0 saturated heterocycles. The van der Waals surface area contributed by atoms with E-state index in [1.165, 1.54) is 11.3 Å². The van der Waals surface area contributed by atoms with Crippen molar-refractivity contribution in [1.82, 2.24) is 15.5 Å². The number of carbonyl (C=O) groups is 1. The number of allylic oxidation sites excluding steroid dienone is 3. The zero-order valence-corrected chi connectivity index (χ0v) is 15.3. The molecule has 8 heteroatoms. The van der Waals surface area contributed by atoms with Crippen LogP contribution in [0.25, 0.3) is 0 Å². The van der Waals surface area contributed by atoms with Gasteiger partial charge in [0.1, 0.15) is 10.8 Å². The van der Waals surface area contributed by atoms with Crippen molar-refractivity contribution in [2.45, 2.75) is 32.1 Å². The highest BCUT2D eigenvalue weighted by atomic mass is 32.1. The average molecular weight is 372 g/mol. The van der Waals surface area contributed by atoms with Crippen molar-refractivity contribution in [1.29, 1.82) is 0 Å². The van der Waals surface area contributed by atoms with Gasteiger partial charge in [-0.25, -0.2) is 0 Å². The van der Waals surface area contributed by atoms with Gasteiger partial charge in [0.05, 0.1) is 6.42 Å². The number of aryl methyl sites for hydroxylation is 1. The van der Waals surface area contributed by atoms with E-state index in [-0.39, 0.29) is 18.1 Å². The van der Waals surface area contributed by atoms with E-state index >= 15 is 0 Å². The molecule has 0 unspecified atom stereocenters. The molecule has 2 rings (SSSR count). The molecule has 0 saturated carbocycles. The highest BCUT2D eigenvalue weighted by Crippen LogP contribution is 2.14. The van der Waals surface area contributed by atoms with E-state index in [2.05, 4.69) is 15.5 Å². The van der Waals surface area contributed by atoms with E-state index in [0.717, 1.165) is 36.3 Å². The van der Waals surface area contributed by atoms with Crippen molar-refractivity contribution < 1.29 is 4.79 Å². The molecule has 0 fully saturated rings. The highest BCUT2D eigenvalue weighted by molar-refractivity contribution is 7.15. The number of nitrogens with zero attached hydrogens (tertiary/aromatic N) is 2. The van der Waals surface area contributed by atoms with Gasteiger partial charge in [-0.05, 0) is 37.0 Å². The number of carbonyl (C=O) groups excluding carboxylic acids is 1. The van der Waals surface area contributed by atoms with Crippen molar-refractivity contribution in [2.24, 2.45) is 11.5 Å². The highest BCUT2D eigenvalue weighted by Gasteiger charge is 2.03. The zero-order valence-electron chi connectivity index (χ0n) is 14.5. The molecule has 1 amide bonds. The van der Waals surface area contributed by atoms with Gasteiger partial charge < -0.3 is 22.5 Å². The lowest BCUT2D eigenvalue weighted by atomic mass is 10.1. The number of unbranched alkanes of at least 4 members (excludes halogenated alkanes) is 1. The molecule has 0 atom stereocenters. The molecular weight excluding hydrogens is 348 g/mol. The minimum Gasteiger partial charge on any atom is -0.402 e. The number of amides is 1. The zero-order chi connectivity index (χ0) is 18.8. The first kappa shape index (κ1) is 19.5. The molecule has 0 aliphatic rings. The lowest BCUT2D eigenvalue weighted by Gasteiger charge is -2.05. The van der Waals surface area contributed by atoms with Crippen LogP contribution >= 0.6 is 11.3 Å². The lowest BCUT2D eigenvalue weighted by molar-refractivity contribution is -0.119. The third-order valence-electron chi connectivity index (χ3n) is 3.56. The number of nitrogens with two attached hydrogens (primary N) is 3. The number of benzene rings is 1. The number of aromatic nitrogens is 2. The molecule has 0 bridgehead atoms. The van der Waals surface area contributed by atoms with Gasteiger partial charge in [0.2, 0.25) is 11.0 Å². The summed E-state index contributed by atoms with van der Waals surface area (Å²) in [5, 5.41) is 11.8. The van der Waals surface area contributed by atoms with Crippen molar-refractivity contribution >= 4 is 22.4 Å². The maximum absolute atomic E-state index is 11.9. The summed E-state index contributed by atoms with van der Waals surface area (Å²) >= 11 is 1.41. The summed E-state index contributed by atoms with van der Waals surface area (Å²) in [4.78, 5) is 11.9. The molecule has 26 heavy (non-hydrogen) atoms. The Hall–Kier alpha value is -2.87. The second-order valence-corrected chi connectivity index (χ2v) is 6.91.